The molecular weight excluding hydrogens is 490 g/mol. The maximum absolute atomic E-state index is 13.8. The van der Waals surface area contributed by atoms with Crippen LogP contribution in [0.15, 0.2) is 60.7 Å². The monoisotopic (exact) mass is 521 g/mol. The predicted octanol–water partition coefficient (Wildman–Crippen LogP) is 6.56. The normalized spacial score (nSPS) is 17.6. The van der Waals surface area contributed by atoms with Gasteiger partial charge in [0.1, 0.15) is 0 Å². The number of hydrogen-bond acceptors (Lipinski definition) is 2. The van der Waals surface area contributed by atoms with Crippen LogP contribution in [0.4, 0.5) is 0 Å². The van der Waals surface area contributed by atoms with Gasteiger partial charge >= 0.3 is 0 Å². The highest BCUT2D eigenvalue weighted by atomic mass is 79.9. The van der Waals surface area contributed by atoms with Gasteiger partial charge in [0.2, 0.25) is 0 Å². The SMILES string of the molecule is Br.CC(Br)C(=O)C(CC(C)N1CCCCCC1)(c1ccccc1)c1ccccc1. The molecule has 0 aliphatic carbocycles. The average Bonchev–Trinajstić information content (AvgIpc) is 3.02. The van der Waals surface area contributed by atoms with Gasteiger partial charge < -0.3 is 4.90 Å². The van der Waals surface area contributed by atoms with E-state index in [1.165, 1.54) is 25.7 Å². The van der Waals surface area contributed by atoms with E-state index in [2.05, 4.69) is 76.3 Å². The van der Waals surface area contributed by atoms with E-state index in [0.717, 1.165) is 30.6 Å². The molecular formula is C25H33Br2NO. The minimum absolute atomic E-state index is 0. The summed E-state index contributed by atoms with van der Waals surface area (Å²) in [5, 5.41) is 0. The highest BCUT2D eigenvalue weighted by Gasteiger charge is 2.44. The van der Waals surface area contributed by atoms with E-state index in [1.807, 2.05) is 19.1 Å². The molecule has 0 N–H and O–H groups in total. The fraction of sp³-hybridized carbons (Fsp3) is 0.480. The summed E-state index contributed by atoms with van der Waals surface area (Å²) in [4.78, 5) is 16.2. The highest BCUT2D eigenvalue weighted by Crippen LogP contribution is 2.41. The summed E-state index contributed by atoms with van der Waals surface area (Å²) < 4.78 is 0. The van der Waals surface area contributed by atoms with Crippen molar-refractivity contribution >= 4 is 38.7 Å². The van der Waals surface area contributed by atoms with E-state index in [1.54, 1.807) is 0 Å². The number of Topliss-reactive ketones (excluding diaryl/α,β-unsaturated/α-hetero) is 1. The van der Waals surface area contributed by atoms with Crippen LogP contribution in [-0.2, 0) is 10.2 Å². The fourth-order valence-corrected chi connectivity index (χ4v) is 5.07. The van der Waals surface area contributed by atoms with Gasteiger partial charge in [-0.3, -0.25) is 4.79 Å². The molecule has 2 unspecified atom stereocenters. The minimum atomic E-state index is -0.642. The zero-order chi connectivity index (χ0) is 20.0. The summed E-state index contributed by atoms with van der Waals surface area (Å²) in [6.45, 7) is 6.54. The summed E-state index contributed by atoms with van der Waals surface area (Å²) in [6, 6.07) is 21.1. The van der Waals surface area contributed by atoms with Gasteiger partial charge in [0.25, 0.3) is 0 Å². The molecule has 2 aromatic carbocycles. The first kappa shape index (κ1) is 24.3. The van der Waals surface area contributed by atoms with Crippen LogP contribution >= 0.6 is 32.9 Å². The second kappa shape index (κ2) is 11.4. The van der Waals surface area contributed by atoms with E-state index >= 15 is 0 Å². The van der Waals surface area contributed by atoms with Gasteiger partial charge in [-0.1, -0.05) is 89.4 Å². The van der Waals surface area contributed by atoms with Crippen LogP contribution in [0, 0.1) is 0 Å². The summed E-state index contributed by atoms with van der Waals surface area (Å²) >= 11 is 3.61. The van der Waals surface area contributed by atoms with Crippen molar-refractivity contribution in [3.8, 4) is 0 Å². The first-order chi connectivity index (χ1) is 13.6. The van der Waals surface area contributed by atoms with Crippen LogP contribution in [0.3, 0.4) is 0 Å². The molecule has 0 radical (unpaired) electrons. The fourth-order valence-electron chi connectivity index (χ4n) is 4.68. The smallest absolute Gasteiger partial charge is 0.161 e. The van der Waals surface area contributed by atoms with Gasteiger partial charge in [-0.15, -0.1) is 17.0 Å². The van der Waals surface area contributed by atoms with Crippen LogP contribution in [-0.4, -0.2) is 34.6 Å². The van der Waals surface area contributed by atoms with Gasteiger partial charge in [-0.2, -0.15) is 0 Å². The third-order valence-corrected chi connectivity index (χ3v) is 6.60. The number of ketones is 1. The van der Waals surface area contributed by atoms with Crippen molar-refractivity contribution in [2.24, 2.45) is 0 Å². The van der Waals surface area contributed by atoms with Crippen molar-refractivity contribution in [1.29, 1.82) is 0 Å². The van der Waals surface area contributed by atoms with Gasteiger partial charge in [-0.05, 0) is 57.3 Å². The summed E-state index contributed by atoms with van der Waals surface area (Å²) in [5.74, 6) is 0.242. The lowest BCUT2D eigenvalue weighted by atomic mass is 9.66. The van der Waals surface area contributed by atoms with Gasteiger partial charge in [-0.25, -0.2) is 0 Å². The van der Waals surface area contributed by atoms with Crippen molar-refractivity contribution in [3.05, 3.63) is 71.8 Å². The highest BCUT2D eigenvalue weighted by molar-refractivity contribution is 9.10. The Hall–Kier alpha value is -0.970. The van der Waals surface area contributed by atoms with Crippen molar-refractivity contribution in [3.63, 3.8) is 0 Å². The number of benzene rings is 2. The molecule has 1 aliphatic rings. The lowest BCUT2D eigenvalue weighted by Crippen LogP contribution is -2.47. The molecule has 2 aromatic rings. The zero-order valence-electron chi connectivity index (χ0n) is 17.5. The van der Waals surface area contributed by atoms with Crippen LogP contribution in [0.25, 0.3) is 0 Å². The Labute approximate surface area is 195 Å². The van der Waals surface area contributed by atoms with E-state index in [9.17, 15) is 4.79 Å². The number of likely N-dealkylation sites (tertiary alicyclic amines) is 1. The molecule has 4 heteroatoms. The molecule has 0 aromatic heterocycles. The molecule has 158 valence electrons. The van der Waals surface area contributed by atoms with Crippen LogP contribution in [0.1, 0.15) is 57.1 Å². The second-order valence-corrected chi connectivity index (χ2v) is 9.49. The van der Waals surface area contributed by atoms with Crippen LogP contribution in [0.2, 0.25) is 0 Å². The Morgan fingerprint density at radius 1 is 0.897 bits per heavy atom. The van der Waals surface area contributed by atoms with Crippen LogP contribution in [0.5, 0.6) is 0 Å². The van der Waals surface area contributed by atoms with Crippen molar-refractivity contribution in [2.45, 2.75) is 62.2 Å². The molecule has 2 nitrogen and oxygen atoms in total. The molecule has 1 saturated heterocycles. The molecule has 0 spiro atoms. The number of rotatable bonds is 7. The number of alkyl halides is 1. The van der Waals surface area contributed by atoms with E-state index < -0.39 is 5.41 Å². The topological polar surface area (TPSA) is 20.3 Å². The summed E-state index contributed by atoms with van der Waals surface area (Å²) in [7, 11) is 0. The number of halogens is 2. The first-order valence-electron chi connectivity index (χ1n) is 10.6. The Morgan fingerprint density at radius 3 is 1.76 bits per heavy atom. The Morgan fingerprint density at radius 2 is 1.34 bits per heavy atom. The number of carbonyl (C=O) groups is 1. The van der Waals surface area contributed by atoms with E-state index in [4.69, 9.17) is 0 Å². The predicted molar refractivity (Wildman–Crippen MR) is 132 cm³/mol. The average molecular weight is 523 g/mol. The molecule has 3 rings (SSSR count). The molecule has 0 bridgehead atoms. The molecule has 1 fully saturated rings. The summed E-state index contributed by atoms with van der Waals surface area (Å²) in [5.41, 5.74) is 1.55. The van der Waals surface area contributed by atoms with Crippen molar-refractivity contribution in [2.75, 3.05) is 13.1 Å². The molecule has 29 heavy (non-hydrogen) atoms. The number of nitrogens with zero attached hydrogens (tertiary/aromatic N) is 1. The van der Waals surface area contributed by atoms with Gasteiger partial charge in [0.05, 0.1) is 10.2 Å². The van der Waals surface area contributed by atoms with Crippen LogP contribution < -0.4 is 0 Å². The number of carbonyl (C=O) groups excluding carboxylic acids is 1. The molecule has 2 atom stereocenters. The van der Waals surface area contributed by atoms with Crippen molar-refractivity contribution < 1.29 is 4.79 Å². The summed E-state index contributed by atoms with van der Waals surface area (Å²) in [6.07, 6.45) is 5.97. The number of hydrogen-bond donors (Lipinski definition) is 0. The van der Waals surface area contributed by atoms with Gasteiger partial charge in [0.15, 0.2) is 5.78 Å². The largest absolute Gasteiger partial charge is 0.301 e. The lowest BCUT2D eigenvalue weighted by molar-refractivity contribution is -0.123. The molecule has 1 heterocycles. The maximum Gasteiger partial charge on any atom is 0.161 e. The standard InChI is InChI=1S/C25H32BrNO.BrH/c1-20(27-17-11-3-4-12-18-27)19-25(24(28)21(2)26,22-13-7-5-8-14-22)23-15-9-6-10-16-23;/h5-10,13-16,20-21H,3-4,11-12,17-19H2,1-2H3;1H. The van der Waals surface area contributed by atoms with Gasteiger partial charge in [0, 0.05) is 6.04 Å². The van der Waals surface area contributed by atoms with E-state index in [0.29, 0.717) is 6.04 Å². The quantitative estimate of drug-likeness (QED) is 0.384. The van der Waals surface area contributed by atoms with E-state index in [-0.39, 0.29) is 27.6 Å². The third-order valence-electron chi connectivity index (χ3n) is 6.18. The second-order valence-electron chi connectivity index (χ2n) is 8.12. The Kier molecular flexibility index (Phi) is 9.58. The molecule has 0 saturated carbocycles. The molecule has 1 aliphatic heterocycles. The maximum atomic E-state index is 13.8. The Bertz CT molecular complexity index is 700. The third kappa shape index (κ3) is 5.59. The molecule has 0 amide bonds. The minimum Gasteiger partial charge on any atom is -0.301 e. The Balaban J connectivity index is 0.00000300. The first-order valence-corrected chi connectivity index (χ1v) is 11.5. The lowest BCUT2D eigenvalue weighted by Gasteiger charge is -2.40. The van der Waals surface area contributed by atoms with Crippen molar-refractivity contribution in [1.82, 2.24) is 4.90 Å². The zero-order valence-corrected chi connectivity index (χ0v) is 20.8.